The van der Waals surface area contributed by atoms with Gasteiger partial charge >= 0.3 is 5.97 Å². The van der Waals surface area contributed by atoms with E-state index >= 15 is 0 Å². The topological polar surface area (TPSA) is 114 Å². The minimum atomic E-state index is -0.868. The highest BCUT2D eigenvalue weighted by Gasteiger charge is 2.17. The monoisotopic (exact) mass is 505 g/mol. The maximum atomic E-state index is 12.6. The second-order valence-corrected chi connectivity index (χ2v) is 8.85. The summed E-state index contributed by atoms with van der Waals surface area (Å²) in [6.07, 6.45) is 0.00506. The highest BCUT2D eigenvalue weighted by atomic mass is 35.5. The normalized spacial score (nSPS) is 11.9. The van der Waals surface area contributed by atoms with E-state index in [0.717, 1.165) is 5.56 Å². The lowest BCUT2D eigenvalue weighted by atomic mass is 10.1. The molecular formula is C24H25Cl2N3O5. The molecule has 3 N–H and O–H groups in total. The van der Waals surface area contributed by atoms with Crippen LogP contribution in [0.15, 0.2) is 47.0 Å². The van der Waals surface area contributed by atoms with Crippen LogP contribution in [0.1, 0.15) is 43.2 Å². The van der Waals surface area contributed by atoms with Gasteiger partial charge in [0.2, 0.25) is 0 Å². The largest absolute Gasteiger partial charge is 0.489 e. The van der Waals surface area contributed by atoms with E-state index in [1.807, 2.05) is 13.8 Å². The number of carboxylic acids is 1. The van der Waals surface area contributed by atoms with E-state index in [1.54, 1.807) is 43.3 Å². The van der Waals surface area contributed by atoms with Crippen molar-refractivity contribution < 1.29 is 24.0 Å². The Kier molecular flexibility index (Phi) is 8.55. The molecule has 0 aliphatic rings. The van der Waals surface area contributed by atoms with Crippen LogP contribution in [0.4, 0.5) is 5.69 Å². The molecule has 0 saturated carbocycles. The number of nitrogens with one attached hydrogen (secondary N) is 2. The van der Waals surface area contributed by atoms with Crippen molar-refractivity contribution in [3.63, 3.8) is 0 Å². The number of carbonyl (C=O) groups excluding carboxylic acids is 1. The zero-order valence-corrected chi connectivity index (χ0v) is 20.4. The van der Waals surface area contributed by atoms with Crippen LogP contribution in [-0.2, 0) is 11.3 Å². The molecule has 0 aliphatic heterocycles. The summed E-state index contributed by atoms with van der Waals surface area (Å²) in [7, 11) is 0. The van der Waals surface area contributed by atoms with Crippen LogP contribution < -0.4 is 15.4 Å². The predicted molar refractivity (Wildman–Crippen MR) is 131 cm³/mol. The average molecular weight is 506 g/mol. The third kappa shape index (κ3) is 6.96. The number of rotatable bonds is 10. The van der Waals surface area contributed by atoms with E-state index in [2.05, 4.69) is 15.8 Å². The summed E-state index contributed by atoms with van der Waals surface area (Å²) in [4.78, 5) is 23.4. The molecule has 3 rings (SSSR count). The standard InChI is InChI=1S/C24H25Cl2N3O5/c1-13(2)33-21-7-5-16(10-18(21)26)22-11-20(29-34-22)24(32)28-19-6-4-15(9-17(19)25)12-27-14(3)8-23(30)31/h4-7,9-11,13-14,27H,8,12H2,1-3H3,(H,28,32)(H,30,31). The molecule has 0 radical (unpaired) electrons. The number of hydrogen-bond acceptors (Lipinski definition) is 6. The lowest BCUT2D eigenvalue weighted by molar-refractivity contribution is -0.137. The van der Waals surface area contributed by atoms with Gasteiger partial charge in [-0.05, 0) is 56.7 Å². The van der Waals surface area contributed by atoms with E-state index in [1.165, 1.54) is 6.07 Å². The first kappa shape index (κ1) is 25.6. The quantitative estimate of drug-likeness (QED) is 0.326. The van der Waals surface area contributed by atoms with Gasteiger partial charge < -0.3 is 25.0 Å². The lowest BCUT2D eigenvalue weighted by Gasteiger charge is -2.12. The number of hydrogen-bond donors (Lipinski definition) is 3. The molecule has 1 atom stereocenters. The van der Waals surface area contributed by atoms with Crippen molar-refractivity contribution in [1.29, 1.82) is 0 Å². The molecule has 1 unspecified atom stereocenters. The van der Waals surface area contributed by atoms with Crippen LogP contribution in [0, 0.1) is 0 Å². The van der Waals surface area contributed by atoms with Gasteiger partial charge in [0, 0.05) is 24.2 Å². The number of ether oxygens (including phenoxy) is 1. The van der Waals surface area contributed by atoms with Crippen LogP contribution >= 0.6 is 23.2 Å². The van der Waals surface area contributed by atoms with Crippen LogP contribution in [0.5, 0.6) is 5.75 Å². The maximum Gasteiger partial charge on any atom is 0.304 e. The first-order valence-corrected chi connectivity index (χ1v) is 11.4. The Labute approximate surface area is 207 Å². The zero-order valence-electron chi connectivity index (χ0n) is 18.9. The number of nitrogens with zero attached hydrogens (tertiary/aromatic N) is 1. The first-order chi connectivity index (χ1) is 16.1. The van der Waals surface area contributed by atoms with Crippen molar-refractivity contribution >= 4 is 40.8 Å². The number of anilines is 1. The molecule has 10 heteroatoms. The number of benzene rings is 2. The molecule has 2 aromatic carbocycles. The minimum Gasteiger partial charge on any atom is -0.489 e. The van der Waals surface area contributed by atoms with Crippen molar-refractivity contribution in [1.82, 2.24) is 10.5 Å². The molecule has 0 fully saturated rings. The highest BCUT2D eigenvalue weighted by molar-refractivity contribution is 6.34. The minimum absolute atomic E-state index is 0.0124. The van der Waals surface area contributed by atoms with E-state index in [4.69, 9.17) is 37.6 Å². The molecule has 1 heterocycles. The van der Waals surface area contributed by atoms with Crippen LogP contribution in [0.2, 0.25) is 10.0 Å². The Balaban J connectivity index is 1.64. The summed E-state index contributed by atoms with van der Waals surface area (Å²) in [6.45, 7) is 6.05. The van der Waals surface area contributed by atoms with Crippen molar-refractivity contribution in [2.45, 2.75) is 45.9 Å². The van der Waals surface area contributed by atoms with Gasteiger partial charge in [0.1, 0.15) is 5.75 Å². The van der Waals surface area contributed by atoms with E-state index < -0.39 is 11.9 Å². The second-order valence-electron chi connectivity index (χ2n) is 8.04. The summed E-state index contributed by atoms with van der Waals surface area (Å²) in [5, 5.41) is 19.3. The van der Waals surface area contributed by atoms with Crippen LogP contribution in [0.25, 0.3) is 11.3 Å². The number of carbonyl (C=O) groups is 2. The number of aliphatic carboxylic acids is 1. The molecule has 0 aliphatic carbocycles. The molecule has 8 nitrogen and oxygen atoms in total. The van der Waals surface area contributed by atoms with Crippen molar-refractivity contribution in [3.8, 4) is 17.1 Å². The summed E-state index contributed by atoms with van der Waals surface area (Å²) < 4.78 is 10.9. The Morgan fingerprint density at radius 3 is 2.50 bits per heavy atom. The van der Waals surface area contributed by atoms with Crippen molar-refractivity contribution in [3.05, 3.63) is 63.8 Å². The van der Waals surface area contributed by atoms with Gasteiger partial charge in [0.15, 0.2) is 11.5 Å². The van der Waals surface area contributed by atoms with Gasteiger partial charge in [-0.2, -0.15) is 0 Å². The van der Waals surface area contributed by atoms with E-state index in [9.17, 15) is 9.59 Å². The molecular weight excluding hydrogens is 481 g/mol. The SMILES string of the molecule is CC(CC(=O)O)NCc1ccc(NC(=O)c2cc(-c3ccc(OC(C)C)c(Cl)c3)on2)c(Cl)c1. The third-order valence-electron chi connectivity index (χ3n) is 4.74. The maximum absolute atomic E-state index is 12.6. The summed E-state index contributed by atoms with van der Waals surface area (Å²) in [5.74, 6) is -0.412. The number of aromatic nitrogens is 1. The fourth-order valence-electron chi connectivity index (χ4n) is 3.10. The summed E-state index contributed by atoms with van der Waals surface area (Å²) >= 11 is 12.6. The summed E-state index contributed by atoms with van der Waals surface area (Å²) in [5.41, 5.74) is 2.00. The van der Waals surface area contributed by atoms with Crippen molar-refractivity contribution in [2.75, 3.05) is 5.32 Å². The fraction of sp³-hybridized carbons (Fsp3) is 0.292. The van der Waals surface area contributed by atoms with Gasteiger partial charge in [-0.15, -0.1) is 0 Å². The molecule has 0 saturated heterocycles. The van der Waals surface area contributed by atoms with Gasteiger partial charge in [-0.3, -0.25) is 9.59 Å². The average Bonchev–Trinajstić information content (AvgIpc) is 3.25. The second kappa shape index (κ2) is 11.4. The van der Waals surface area contributed by atoms with Crippen LogP contribution in [-0.4, -0.2) is 34.3 Å². The fourth-order valence-corrected chi connectivity index (χ4v) is 3.58. The Morgan fingerprint density at radius 2 is 1.85 bits per heavy atom. The Bertz CT molecular complexity index is 1180. The molecule has 3 aromatic rings. The van der Waals surface area contributed by atoms with Gasteiger partial charge in [0.25, 0.3) is 5.91 Å². The lowest BCUT2D eigenvalue weighted by Crippen LogP contribution is -2.27. The van der Waals surface area contributed by atoms with Crippen LogP contribution in [0.3, 0.4) is 0 Å². The van der Waals surface area contributed by atoms with Crippen molar-refractivity contribution in [2.24, 2.45) is 0 Å². The molecule has 1 aromatic heterocycles. The number of halogens is 2. The molecule has 34 heavy (non-hydrogen) atoms. The van der Waals surface area contributed by atoms with Gasteiger partial charge in [-0.25, -0.2) is 0 Å². The molecule has 180 valence electrons. The number of carboxylic acid groups (broad SMARTS) is 1. The Morgan fingerprint density at radius 1 is 1.09 bits per heavy atom. The van der Waals surface area contributed by atoms with Gasteiger partial charge in [0.05, 0.1) is 28.3 Å². The smallest absolute Gasteiger partial charge is 0.304 e. The van der Waals surface area contributed by atoms with E-state index in [0.29, 0.717) is 39.4 Å². The Hall–Kier alpha value is -3.07. The molecule has 1 amide bonds. The first-order valence-electron chi connectivity index (χ1n) is 10.6. The number of amides is 1. The summed E-state index contributed by atoms with van der Waals surface area (Å²) in [6, 6.07) is 11.7. The zero-order chi connectivity index (χ0) is 24.8. The highest BCUT2D eigenvalue weighted by Crippen LogP contribution is 2.31. The predicted octanol–water partition coefficient (Wildman–Crippen LogP) is 5.64. The molecule has 0 spiro atoms. The van der Waals surface area contributed by atoms with E-state index in [-0.39, 0.29) is 24.3 Å². The molecule has 0 bridgehead atoms. The van der Waals surface area contributed by atoms with Gasteiger partial charge in [-0.1, -0.05) is 34.4 Å². The third-order valence-corrected chi connectivity index (χ3v) is 5.35.